The number of benzene rings is 1. The fourth-order valence-corrected chi connectivity index (χ4v) is 2.96. The molecule has 4 heteroatoms. The molecule has 0 bridgehead atoms. The van der Waals surface area contributed by atoms with Crippen LogP contribution in [0.15, 0.2) is 16.6 Å². The van der Waals surface area contributed by atoms with Gasteiger partial charge in [0.15, 0.2) is 0 Å². The van der Waals surface area contributed by atoms with Crippen LogP contribution in [0.1, 0.15) is 31.7 Å². The van der Waals surface area contributed by atoms with Crippen molar-refractivity contribution in [3.63, 3.8) is 0 Å². The fourth-order valence-electron chi connectivity index (χ4n) is 2.59. The lowest BCUT2D eigenvalue weighted by Gasteiger charge is -2.23. The van der Waals surface area contributed by atoms with Gasteiger partial charge in [-0.05, 0) is 53.2 Å². The van der Waals surface area contributed by atoms with Crippen LogP contribution < -0.4 is 0 Å². The van der Waals surface area contributed by atoms with Crippen LogP contribution in [0.4, 0.5) is 8.78 Å². The fraction of sp³-hybridized carbons (Fsp3) is 0.538. The first kappa shape index (κ1) is 13.0. The number of hydrogen-bond donors (Lipinski definition) is 1. The van der Waals surface area contributed by atoms with Crippen LogP contribution in [-0.2, 0) is 6.42 Å². The Morgan fingerprint density at radius 2 is 2.18 bits per heavy atom. The standard InChI is InChI=1S/C13H15BrF2O/c1-8-4-5-13(17,6-8)7-9-11(15)3-2-10(14)12(9)16/h2-3,8,17H,4-7H2,1H3. The normalized spacial score (nSPS) is 28.6. The van der Waals surface area contributed by atoms with Gasteiger partial charge < -0.3 is 5.11 Å². The van der Waals surface area contributed by atoms with E-state index in [4.69, 9.17) is 0 Å². The highest BCUT2D eigenvalue weighted by molar-refractivity contribution is 9.10. The van der Waals surface area contributed by atoms with Crippen molar-refractivity contribution in [2.24, 2.45) is 5.92 Å². The van der Waals surface area contributed by atoms with E-state index in [0.29, 0.717) is 18.8 Å². The van der Waals surface area contributed by atoms with E-state index >= 15 is 0 Å². The van der Waals surface area contributed by atoms with Gasteiger partial charge in [-0.15, -0.1) is 0 Å². The van der Waals surface area contributed by atoms with Crippen molar-refractivity contribution in [2.45, 2.75) is 38.2 Å². The van der Waals surface area contributed by atoms with Crippen molar-refractivity contribution in [1.29, 1.82) is 0 Å². The van der Waals surface area contributed by atoms with Gasteiger partial charge in [0.2, 0.25) is 0 Å². The summed E-state index contributed by atoms with van der Waals surface area (Å²) < 4.78 is 27.6. The van der Waals surface area contributed by atoms with Gasteiger partial charge in [0.25, 0.3) is 0 Å². The van der Waals surface area contributed by atoms with E-state index in [0.717, 1.165) is 6.42 Å². The highest BCUT2D eigenvalue weighted by Crippen LogP contribution is 2.38. The molecule has 1 aromatic rings. The molecule has 0 radical (unpaired) electrons. The zero-order chi connectivity index (χ0) is 12.6. The molecule has 1 N–H and O–H groups in total. The Bertz CT molecular complexity index is 436. The Labute approximate surface area is 108 Å². The summed E-state index contributed by atoms with van der Waals surface area (Å²) in [6.45, 7) is 2.05. The monoisotopic (exact) mass is 304 g/mol. The smallest absolute Gasteiger partial charge is 0.143 e. The molecule has 0 saturated heterocycles. The minimum Gasteiger partial charge on any atom is -0.390 e. The third-order valence-electron chi connectivity index (χ3n) is 3.48. The van der Waals surface area contributed by atoms with E-state index in [9.17, 15) is 13.9 Å². The van der Waals surface area contributed by atoms with E-state index < -0.39 is 17.2 Å². The van der Waals surface area contributed by atoms with E-state index in [2.05, 4.69) is 15.9 Å². The van der Waals surface area contributed by atoms with Gasteiger partial charge in [-0.2, -0.15) is 0 Å². The van der Waals surface area contributed by atoms with Crippen molar-refractivity contribution in [3.8, 4) is 0 Å². The molecule has 1 aromatic carbocycles. The summed E-state index contributed by atoms with van der Waals surface area (Å²) in [5.74, 6) is -0.769. The largest absolute Gasteiger partial charge is 0.390 e. The molecule has 0 amide bonds. The van der Waals surface area contributed by atoms with E-state index in [1.165, 1.54) is 12.1 Å². The summed E-state index contributed by atoms with van der Waals surface area (Å²) in [4.78, 5) is 0. The summed E-state index contributed by atoms with van der Waals surface area (Å²) >= 11 is 3.04. The quantitative estimate of drug-likeness (QED) is 0.824. The molecule has 0 spiro atoms. The second kappa shape index (κ2) is 4.65. The lowest BCUT2D eigenvalue weighted by Crippen LogP contribution is -2.28. The SMILES string of the molecule is CC1CCC(O)(Cc2c(F)ccc(Br)c2F)C1. The molecule has 17 heavy (non-hydrogen) atoms. The first-order valence-corrected chi connectivity index (χ1v) is 6.55. The van der Waals surface area contributed by atoms with Gasteiger partial charge >= 0.3 is 0 Å². The Hall–Kier alpha value is -0.480. The van der Waals surface area contributed by atoms with Crippen molar-refractivity contribution < 1.29 is 13.9 Å². The maximum Gasteiger partial charge on any atom is 0.143 e. The van der Waals surface area contributed by atoms with Gasteiger partial charge in [0, 0.05) is 12.0 Å². The Morgan fingerprint density at radius 1 is 1.47 bits per heavy atom. The van der Waals surface area contributed by atoms with Crippen molar-refractivity contribution in [3.05, 3.63) is 33.8 Å². The van der Waals surface area contributed by atoms with Gasteiger partial charge in [-0.3, -0.25) is 0 Å². The molecule has 1 aliphatic carbocycles. The Kier molecular flexibility index (Phi) is 3.55. The highest BCUT2D eigenvalue weighted by Gasteiger charge is 2.36. The second-order valence-electron chi connectivity index (χ2n) is 5.07. The maximum absolute atomic E-state index is 13.8. The van der Waals surface area contributed by atoms with Gasteiger partial charge in [0.05, 0.1) is 10.1 Å². The molecule has 0 heterocycles. The molecule has 0 aliphatic heterocycles. The third kappa shape index (κ3) is 2.68. The first-order chi connectivity index (χ1) is 7.91. The summed E-state index contributed by atoms with van der Waals surface area (Å²) in [5, 5.41) is 10.3. The average Bonchev–Trinajstić information content (AvgIpc) is 2.60. The average molecular weight is 305 g/mol. The van der Waals surface area contributed by atoms with Crippen LogP contribution in [0.25, 0.3) is 0 Å². The molecule has 1 saturated carbocycles. The highest BCUT2D eigenvalue weighted by atomic mass is 79.9. The summed E-state index contributed by atoms with van der Waals surface area (Å²) in [6.07, 6.45) is 2.18. The lowest BCUT2D eigenvalue weighted by atomic mass is 9.91. The second-order valence-corrected chi connectivity index (χ2v) is 5.93. The molecule has 2 atom stereocenters. The molecule has 2 unspecified atom stereocenters. The minimum atomic E-state index is -0.956. The molecule has 1 fully saturated rings. The molecular formula is C13H15BrF2O. The molecule has 2 rings (SSSR count). The van der Waals surface area contributed by atoms with Crippen LogP contribution >= 0.6 is 15.9 Å². The first-order valence-electron chi connectivity index (χ1n) is 5.76. The third-order valence-corrected chi connectivity index (χ3v) is 4.09. The number of halogens is 3. The summed E-state index contributed by atoms with van der Waals surface area (Å²) in [5.41, 5.74) is -0.974. The zero-order valence-corrected chi connectivity index (χ0v) is 11.2. The van der Waals surface area contributed by atoms with E-state index in [1.54, 1.807) is 0 Å². The predicted molar refractivity (Wildman–Crippen MR) is 65.7 cm³/mol. The number of hydrogen-bond acceptors (Lipinski definition) is 1. The van der Waals surface area contributed by atoms with Crippen LogP contribution in [0, 0.1) is 17.6 Å². The zero-order valence-electron chi connectivity index (χ0n) is 9.64. The lowest BCUT2D eigenvalue weighted by molar-refractivity contribution is 0.0428. The Balaban J connectivity index is 2.27. The van der Waals surface area contributed by atoms with Crippen LogP contribution in [0.5, 0.6) is 0 Å². The number of rotatable bonds is 2. The summed E-state index contributed by atoms with van der Waals surface area (Å²) in [6, 6.07) is 2.57. The molecule has 1 aliphatic rings. The minimum absolute atomic E-state index is 0.0176. The summed E-state index contributed by atoms with van der Waals surface area (Å²) in [7, 11) is 0. The number of aliphatic hydroxyl groups is 1. The van der Waals surface area contributed by atoms with E-state index in [-0.39, 0.29) is 16.5 Å². The Morgan fingerprint density at radius 3 is 2.76 bits per heavy atom. The van der Waals surface area contributed by atoms with Crippen molar-refractivity contribution in [1.82, 2.24) is 0 Å². The van der Waals surface area contributed by atoms with Crippen molar-refractivity contribution in [2.75, 3.05) is 0 Å². The van der Waals surface area contributed by atoms with Crippen LogP contribution in [0.3, 0.4) is 0 Å². The van der Waals surface area contributed by atoms with Gasteiger partial charge in [-0.25, -0.2) is 8.78 Å². The van der Waals surface area contributed by atoms with Crippen LogP contribution in [0.2, 0.25) is 0 Å². The molecular weight excluding hydrogens is 290 g/mol. The topological polar surface area (TPSA) is 20.2 Å². The van der Waals surface area contributed by atoms with Crippen molar-refractivity contribution >= 4 is 15.9 Å². The molecule has 1 nitrogen and oxygen atoms in total. The van der Waals surface area contributed by atoms with Crippen LogP contribution in [-0.4, -0.2) is 10.7 Å². The predicted octanol–water partition coefficient (Wildman–Crippen LogP) is 3.82. The maximum atomic E-state index is 13.8. The molecule has 94 valence electrons. The molecule has 0 aromatic heterocycles. The van der Waals surface area contributed by atoms with Gasteiger partial charge in [0.1, 0.15) is 11.6 Å². The van der Waals surface area contributed by atoms with E-state index in [1.807, 2.05) is 6.92 Å². The van der Waals surface area contributed by atoms with Gasteiger partial charge in [-0.1, -0.05) is 6.92 Å².